The van der Waals surface area contributed by atoms with Gasteiger partial charge >= 0.3 is 6.09 Å². The van der Waals surface area contributed by atoms with E-state index in [2.05, 4.69) is 29.6 Å². The molecule has 2 amide bonds. The van der Waals surface area contributed by atoms with Crippen LogP contribution in [0.1, 0.15) is 17.3 Å². The number of nitrogens with zero attached hydrogens (tertiary/aromatic N) is 3. The summed E-state index contributed by atoms with van der Waals surface area (Å²) in [6.07, 6.45) is -0.433. The Morgan fingerprint density at radius 2 is 1.70 bits per heavy atom. The molecule has 0 saturated carbocycles. The quantitative estimate of drug-likeness (QED) is 0.528. The Hall–Kier alpha value is -3.28. The highest BCUT2D eigenvalue weighted by Gasteiger charge is 2.32. The Bertz CT molecular complexity index is 1440. The molecule has 3 aromatic rings. The van der Waals surface area contributed by atoms with Crippen LogP contribution in [-0.2, 0) is 14.8 Å². The normalized spacial score (nSPS) is 18.1. The van der Waals surface area contributed by atoms with Crippen molar-refractivity contribution < 1.29 is 22.7 Å². The molecule has 2 aliphatic heterocycles. The number of hydrogen-bond donors (Lipinski definition) is 1. The maximum absolute atomic E-state index is 13.1. The molecule has 1 unspecified atom stereocenters. The summed E-state index contributed by atoms with van der Waals surface area (Å²) in [6, 6.07) is 18.3. The van der Waals surface area contributed by atoms with Crippen molar-refractivity contribution in [3.63, 3.8) is 0 Å². The van der Waals surface area contributed by atoms with Crippen LogP contribution in [0.4, 0.5) is 10.5 Å². The van der Waals surface area contributed by atoms with Crippen molar-refractivity contribution in [2.75, 3.05) is 44.7 Å². The van der Waals surface area contributed by atoms with E-state index in [0.717, 1.165) is 21.4 Å². The van der Waals surface area contributed by atoms with Crippen LogP contribution in [0.3, 0.4) is 0 Å². The van der Waals surface area contributed by atoms with Gasteiger partial charge in [-0.3, -0.25) is 4.79 Å². The minimum Gasteiger partial charge on any atom is -0.450 e. The number of rotatable bonds is 5. The van der Waals surface area contributed by atoms with E-state index in [9.17, 15) is 18.0 Å². The highest BCUT2D eigenvalue weighted by molar-refractivity contribution is 8.00. The predicted octanol–water partition coefficient (Wildman–Crippen LogP) is 3.56. The molecule has 0 radical (unpaired) electrons. The highest BCUT2D eigenvalue weighted by atomic mass is 32.2. The molecule has 5 rings (SSSR count). The van der Waals surface area contributed by atoms with Crippen molar-refractivity contribution in [1.29, 1.82) is 0 Å². The molecule has 1 fully saturated rings. The Labute approximate surface area is 220 Å². The summed E-state index contributed by atoms with van der Waals surface area (Å²) in [5.74, 6) is -0.284. The summed E-state index contributed by atoms with van der Waals surface area (Å²) in [6.45, 7) is 2.91. The van der Waals surface area contributed by atoms with Crippen LogP contribution in [0, 0.1) is 0 Å². The second-order valence-electron chi connectivity index (χ2n) is 8.80. The van der Waals surface area contributed by atoms with Crippen molar-refractivity contribution in [2.45, 2.75) is 22.2 Å². The molecule has 0 bridgehead atoms. The zero-order chi connectivity index (χ0) is 26.2. The molecule has 1 N–H and O–H groups in total. The minimum absolute atomic E-state index is 0.111. The first-order valence-corrected chi connectivity index (χ1v) is 14.4. The number of carbonyl (C=O) groups is 2. The summed E-state index contributed by atoms with van der Waals surface area (Å²) in [7, 11) is -1.80. The van der Waals surface area contributed by atoms with Crippen LogP contribution in [0.2, 0.25) is 0 Å². The summed E-state index contributed by atoms with van der Waals surface area (Å²) in [5, 5.41) is 5.34. The number of thioether (sulfide) groups is 1. The van der Waals surface area contributed by atoms with E-state index in [4.69, 9.17) is 4.74 Å². The fraction of sp³-hybridized carbons (Fsp3) is 0.308. The molecule has 194 valence electrons. The molecule has 0 aliphatic carbocycles. The molecule has 1 atom stereocenters. The Morgan fingerprint density at radius 1 is 1.00 bits per heavy atom. The molecule has 2 heterocycles. The van der Waals surface area contributed by atoms with Gasteiger partial charge in [0.1, 0.15) is 0 Å². The monoisotopic (exact) mass is 540 g/mol. The van der Waals surface area contributed by atoms with Crippen LogP contribution < -0.4 is 10.2 Å². The van der Waals surface area contributed by atoms with E-state index in [1.54, 1.807) is 18.7 Å². The average Bonchev–Trinajstić information content (AvgIpc) is 3.24. The molecule has 0 aromatic heterocycles. The van der Waals surface area contributed by atoms with Crippen molar-refractivity contribution in [1.82, 2.24) is 14.5 Å². The van der Waals surface area contributed by atoms with Crippen LogP contribution in [0.25, 0.3) is 10.8 Å². The minimum atomic E-state index is -3.74. The molecule has 3 aromatic carbocycles. The van der Waals surface area contributed by atoms with E-state index >= 15 is 0 Å². The van der Waals surface area contributed by atoms with Gasteiger partial charge in [-0.2, -0.15) is 4.31 Å². The molecule has 9 nitrogen and oxygen atoms in total. The number of amides is 2. The first-order valence-electron chi connectivity index (χ1n) is 12.0. The molecule has 2 aliphatic rings. The number of ether oxygens (including phenoxy) is 1. The maximum atomic E-state index is 13.1. The fourth-order valence-electron chi connectivity index (χ4n) is 4.53. The third-order valence-corrected chi connectivity index (χ3v) is 9.83. The summed E-state index contributed by atoms with van der Waals surface area (Å²) < 4.78 is 32.6. The van der Waals surface area contributed by atoms with Crippen LogP contribution in [0.15, 0.2) is 70.5 Å². The van der Waals surface area contributed by atoms with Crippen molar-refractivity contribution in [3.8, 4) is 0 Å². The topological polar surface area (TPSA) is 99.3 Å². The van der Waals surface area contributed by atoms with Gasteiger partial charge in [-0.25, -0.2) is 13.2 Å². The number of piperazine rings is 1. The van der Waals surface area contributed by atoms with Crippen molar-refractivity contribution >= 4 is 50.2 Å². The number of nitrogens with one attached hydrogen (secondary N) is 1. The van der Waals surface area contributed by atoms with Gasteiger partial charge in [-0.1, -0.05) is 42.1 Å². The summed E-state index contributed by atoms with van der Waals surface area (Å²) in [5.41, 5.74) is 1.15. The number of fused-ring (bicyclic) bond motifs is 3. The van der Waals surface area contributed by atoms with E-state index in [-0.39, 0.29) is 49.1 Å². The summed E-state index contributed by atoms with van der Waals surface area (Å²) >= 11 is 1.58. The van der Waals surface area contributed by atoms with Gasteiger partial charge in [-0.05, 0) is 48.0 Å². The Morgan fingerprint density at radius 3 is 2.41 bits per heavy atom. The molecule has 1 saturated heterocycles. The Balaban J connectivity index is 1.24. The number of carbonyl (C=O) groups excluding carboxylic acids is 2. The van der Waals surface area contributed by atoms with Gasteiger partial charge in [-0.15, -0.1) is 0 Å². The third kappa shape index (κ3) is 4.86. The molecular formula is C26H28N4O5S2. The molecule has 37 heavy (non-hydrogen) atoms. The Kier molecular flexibility index (Phi) is 7.02. The van der Waals surface area contributed by atoms with Crippen LogP contribution in [-0.4, -0.2) is 75.0 Å². The smallest absolute Gasteiger partial charge is 0.409 e. The van der Waals surface area contributed by atoms with Crippen LogP contribution in [0.5, 0.6) is 0 Å². The van der Waals surface area contributed by atoms with Crippen molar-refractivity contribution in [3.05, 3.63) is 66.2 Å². The van der Waals surface area contributed by atoms with Gasteiger partial charge in [0.15, 0.2) is 5.50 Å². The van der Waals surface area contributed by atoms with Gasteiger partial charge < -0.3 is 19.9 Å². The summed E-state index contributed by atoms with van der Waals surface area (Å²) in [4.78, 5) is 29.7. The van der Waals surface area contributed by atoms with E-state index in [0.29, 0.717) is 5.56 Å². The van der Waals surface area contributed by atoms with Gasteiger partial charge in [0.2, 0.25) is 10.0 Å². The number of anilines is 1. The number of hydrogen-bond acceptors (Lipinski definition) is 7. The second kappa shape index (κ2) is 10.2. The van der Waals surface area contributed by atoms with Gasteiger partial charge in [0.25, 0.3) is 5.91 Å². The van der Waals surface area contributed by atoms with Crippen molar-refractivity contribution in [2.24, 2.45) is 0 Å². The third-order valence-electron chi connectivity index (χ3n) is 6.59. The predicted molar refractivity (Wildman–Crippen MR) is 143 cm³/mol. The lowest BCUT2D eigenvalue weighted by atomic mass is 10.1. The second-order valence-corrected chi connectivity index (χ2v) is 11.8. The van der Waals surface area contributed by atoms with Gasteiger partial charge in [0, 0.05) is 43.7 Å². The fourth-order valence-corrected chi connectivity index (χ4v) is 7.25. The first kappa shape index (κ1) is 25.4. The zero-order valence-corrected chi connectivity index (χ0v) is 22.2. The van der Waals surface area contributed by atoms with Crippen LogP contribution >= 0.6 is 11.8 Å². The molecule has 11 heteroatoms. The van der Waals surface area contributed by atoms with E-state index in [1.165, 1.54) is 33.5 Å². The number of benzene rings is 3. The maximum Gasteiger partial charge on any atom is 0.409 e. The average molecular weight is 541 g/mol. The lowest BCUT2D eigenvalue weighted by Crippen LogP contribution is -2.50. The molecular weight excluding hydrogens is 512 g/mol. The largest absolute Gasteiger partial charge is 0.450 e. The van der Waals surface area contributed by atoms with Gasteiger partial charge in [0.05, 0.1) is 17.2 Å². The highest BCUT2D eigenvalue weighted by Crippen LogP contribution is 2.45. The molecule has 0 spiro atoms. The lowest BCUT2D eigenvalue weighted by molar-refractivity contribution is 0.0932. The SMILES string of the molecule is CCOC(=O)N1CCN(S(=O)(=O)c2ccc(C(=O)NC3Sc4c(ccc5ccccc45)N3C)cc2)CC1. The zero-order valence-electron chi connectivity index (χ0n) is 20.6. The number of sulfonamides is 1. The standard InChI is InChI=1S/C26H28N4O5S2/c1-3-35-26(32)29-14-16-30(17-15-29)37(33,34)20-11-8-19(9-12-20)24(31)27-25-28(2)22-13-10-18-6-4-5-7-21(18)23(22)36-25/h4-13,25H,3,14-17H2,1-2H3,(H,27,31). The first-order chi connectivity index (χ1) is 17.8. The van der Waals surface area contributed by atoms with E-state index < -0.39 is 16.1 Å². The lowest BCUT2D eigenvalue weighted by Gasteiger charge is -2.33. The van der Waals surface area contributed by atoms with E-state index in [1.807, 2.05) is 24.1 Å².